The van der Waals surface area contributed by atoms with Crippen LogP contribution in [0.1, 0.15) is 26.2 Å². The van der Waals surface area contributed by atoms with Crippen LogP contribution in [-0.2, 0) is 9.53 Å². The van der Waals surface area contributed by atoms with Gasteiger partial charge in [-0.05, 0) is 12.8 Å². The van der Waals surface area contributed by atoms with E-state index in [1.807, 2.05) is 11.8 Å². The van der Waals surface area contributed by atoms with Gasteiger partial charge in [0.1, 0.15) is 0 Å². The molecular formula is C13H24N2O3. The molecule has 0 aromatic carbocycles. The van der Waals surface area contributed by atoms with E-state index in [1.54, 1.807) is 0 Å². The molecule has 2 aliphatic heterocycles. The molecule has 0 aromatic heterocycles. The van der Waals surface area contributed by atoms with E-state index in [2.05, 4.69) is 4.90 Å². The number of hydrogen-bond donors (Lipinski definition) is 1. The maximum Gasteiger partial charge on any atom is 0.222 e. The van der Waals surface area contributed by atoms with E-state index in [9.17, 15) is 9.90 Å². The standard InChI is InChI=1S/C13H24N2O3/c1-2-13(17)14-5-3-11(4-6-14)15-7-8-18-10-12(15)9-16/h11-12,16H,2-10H2,1H3. The SMILES string of the molecule is CCC(=O)N1CCC(N2CCOCC2CO)CC1. The number of nitrogens with zero attached hydrogens (tertiary/aromatic N) is 2. The van der Waals surface area contributed by atoms with Crippen LogP contribution in [0.2, 0.25) is 0 Å². The van der Waals surface area contributed by atoms with E-state index in [4.69, 9.17) is 4.74 Å². The van der Waals surface area contributed by atoms with E-state index >= 15 is 0 Å². The quantitative estimate of drug-likeness (QED) is 0.777. The molecule has 0 aliphatic carbocycles. The van der Waals surface area contributed by atoms with Crippen LogP contribution in [-0.4, -0.2) is 72.4 Å². The highest BCUT2D eigenvalue weighted by molar-refractivity contribution is 5.75. The van der Waals surface area contributed by atoms with Crippen molar-refractivity contribution in [2.45, 2.75) is 38.3 Å². The Morgan fingerprint density at radius 1 is 1.33 bits per heavy atom. The normalized spacial score (nSPS) is 27.4. The molecule has 0 bridgehead atoms. The predicted octanol–water partition coefficient (Wildman–Crippen LogP) is 0.0805. The lowest BCUT2D eigenvalue weighted by atomic mass is 10.0. The zero-order chi connectivity index (χ0) is 13.0. The summed E-state index contributed by atoms with van der Waals surface area (Å²) in [6, 6.07) is 0.629. The van der Waals surface area contributed by atoms with Gasteiger partial charge in [0.2, 0.25) is 5.91 Å². The average Bonchev–Trinajstić information content (AvgIpc) is 2.46. The summed E-state index contributed by atoms with van der Waals surface area (Å²) in [5.74, 6) is 0.258. The minimum absolute atomic E-state index is 0.136. The highest BCUT2D eigenvalue weighted by Crippen LogP contribution is 2.21. The Hall–Kier alpha value is -0.650. The third kappa shape index (κ3) is 3.02. The minimum atomic E-state index is 0.136. The van der Waals surface area contributed by atoms with Gasteiger partial charge in [-0.2, -0.15) is 0 Å². The lowest BCUT2D eigenvalue weighted by molar-refractivity contribution is -0.133. The third-order valence-electron chi connectivity index (χ3n) is 4.07. The van der Waals surface area contributed by atoms with Crippen molar-refractivity contribution in [3.05, 3.63) is 0 Å². The highest BCUT2D eigenvalue weighted by Gasteiger charge is 2.32. The summed E-state index contributed by atoms with van der Waals surface area (Å²) in [6.45, 7) is 6.07. The van der Waals surface area contributed by atoms with E-state index in [-0.39, 0.29) is 18.6 Å². The van der Waals surface area contributed by atoms with Gasteiger partial charge >= 0.3 is 0 Å². The van der Waals surface area contributed by atoms with Crippen molar-refractivity contribution in [2.24, 2.45) is 0 Å². The van der Waals surface area contributed by atoms with E-state index in [1.165, 1.54) is 0 Å². The first-order valence-electron chi connectivity index (χ1n) is 6.98. The second-order valence-corrected chi connectivity index (χ2v) is 5.11. The number of piperidine rings is 1. The van der Waals surface area contributed by atoms with Crippen LogP contribution in [0.15, 0.2) is 0 Å². The summed E-state index contributed by atoms with van der Waals surface area (Å²) < 4.78 is 5.40. The second-order valence-electron chi connectivity index (χ2n) is 5.11. The van der Waals surface area contributed by atoms with E-state index in [0.29, 0.717) is 19.1 Å². The highest BCUT2D eigenvalue weighted by atomic mass is 16.5. The molecule has 2 aliphatic rings. The topological polar surface area (TPSA) is 53.0 Å². The maximum absolute atomic E-state index is 11.6. The van der Waals surface area contributed by atoms with Crippen molar-refractivity contribution in [3.8, 4) is 0 Å². The van der Waals surface area contributed by atoms with Crippen molar-refractivity contribution in [1.29, 1.82) is 0 Å². The molecule has 0 aromatic rings. The van der Waals surface area contributed by atoms with Gasteiger partial charge in [0.15, 0.2) is 0 Å². The smallest absolute Gasteiger partial charge is 0.222 e. The van der Waals surface area contributed by atoms with Crippen molar-refractivity contribution in [2.75, 3.05) is 39.5 Å². The number of rotatable bonds is 3. The predicted molar refractivity (Wildman–Crippen MR) is 68.3 cm³/mol. The van der Waals surface area contributed by atoms with Gasteiger partial charge in [-0.15, -0.1) is 0 Å². The van der Waals surface area contributed by atoms with E-state index < -0.39 is 0 Å². The van der Waals surface area contributed by atoms with Gasteiger partial charge < -0.3 is 14.7 Å². The number of morpholine rings is 1. The lowest BCUT2D eigenvalue weighted by Gasteiger charge is -2.43. The molecule has 5 heteroatoms. The van der Waals surface area contributed by atoms with Gasteiger partial charge in [0.25, 0.3) is 0 Å². The van der Waals surface area contributed by atoms with Crippen LogP contribution < -0.4 is 0 Å². The Morgan fingerprint density at radius 2 is 2.06 bits per heavy atom. The second kappa shape index (κ2) is 6.50. The Labute approximate surface area is 109 Å². The molecule has 0 saturated carbocycles. The summed E-state index contributed by atoms with van der Waals surface area (Å²) in [6.07, 6.45) is 2.63. The Balaban J connectivity index is 1.86. The fourth-order valence-corrected chi connectivity index (χ4v) is 2.98. The molecule has 0 radical (unpaired) electrons. The number of amides is 1. The number of likely N-dealkylation sites (tertiary alicyclic amines) is 1. The van der Waals surface area contributed by atoms with E-state index in [0.717, 1.165) is 39.1 Å². The number of hydrogen-bond acceptors (Lipinski definition) is 4. The fraction of sp³-hybridized carbons (Fsp3) is 0.923. The number of carbonyl (C=O) groups is 1. The number of aliphatic hydroxyl groups is 1. The molecule has 2 saturated heterocycles. The van der Waals surface area contributed by atoms with Crippen molar-refractivity contribution < 1.29 is 14.6 Å². The lowest BCUT2D eigenvalue weighted by Crippen LogP contribution is -2.55. The van der Waals surface area contributed by atoms with Crippen LogP contribution in [0, 0.1) is 0 Å². The van der Waals surface area contributed by atoms with Gasteiger partial charge in [-0.25, -0.2) is 0 Å². The van der Waals surface area contributed by atoms with Crippen LogP contribution in [0.25, 0.3) is 0 Å². The fourth-order valence-electron chi connectivity index (χ4n) is 2.98. The van der Waals surface area contributed by atoms with Crippen molar-refractivity contribution in [3.63, 3.8) is 0 Å². The van der Waals surface area contributed by atoms with Crippen LogP contribution in [0.3, 0.4) is 0 Å². The summed E-state index contributed by atoms with van der Waals surface area (Å²) in [5.41, 5.74) is 0. The first-order chi connectivity index (χ1) is 8.76. The molecular weight excluding hydrogens is 232 g/mol. The Kier molecular flexibility index (Phi) is 4.97. The Morgan fingerprint density at radius 3 is 2.67 bits per heavy atom. The molecule has 1 amide bonds. The molecule has 1 atom stereocenters. The maximum atomic E-state index is 11.6. The van der Waals surface area contributed by atoms with Crippen LogP contribution in [0.5, 0.6) is 0 Å². The zero-order valence-electron chi connectivity index (χ0n) is 11.2. The summed E-state index contributed by atoms with van der Waals surface area (Å²) >= 11 is 0. The average molecular weight is 256 g/mol. The Bertz CT molecular complexity index is 277. The largest absolute Gasteiger partial charge is 0.395 e. The molecule has 1 unspecified atom stereocenters. The van der Waals surface area contributed by atoms with Crippen molar-refractivity contribution >= 4 is 5.91 Å². The molecule has 2 rings (SSSR count). The minimum Gasteiger partial charge on any atom is -0.395 e. The molecule has 18 heavy (non-hydrogen) atoms. The van der Waals surface area contributed by atoms with Gasteiger partial charge in [-0.1, -0.05) is 6.92 Å². The van der Waals surface area contributed by atoms with Gasteiger partial charge in [0.05, 0.1) is 25.9 Å². The summed E-state index contributed by atoms with van der Waals surface area (Å²) in [4.78, 5) is 16.0. The summed E-state index contributed by atoms with van der Waals surface area (Å²) in [5, 5.41) is 9.38. The number of aliphatic hydroxyl groups excluding tert-OH is 1. The molecule has 2 heterocycles. The molecule has 1 N–H and O–H groups in total. The van der Waals surface area contributed by atoms with Crippen LogP contribution >= 0.6 is 0 Å². The molecule has 104 valence electrons. The molecule has 0 spiro atoms. The molecule has 2 fully saturated rings. The van der Waals surface area contributed by atoms with Gasteiger partial charge in [0, 0.05) is 32.1 Å². The van der Waals surface area contributed by atoms with Crippen LogP contribution in [0.4, 0.5) is 0 Å². The number of ether oxygens (including phenoxy) is 1. The first kappa shape index (κ1) is 13.8. The zero-order valence-corrected chi connectivity index (χ0v) is 11.2. The summed E-state index contributed by atoms with van der Waals surface area (Å²) in [7, 11) is 0. The molecule has 5 nitrogen and oxygen atoms in total. The first-order valence-corrected chi connectivity index (χ1v) is 6.98. The van der Waals surface area contributed by atoms with Gasteiger partial charge in [-0.3, -0.25) is 9.69 Å². The van der Waals surface area contributed by atoms with Crippen molar-refractivity contribution in [1.82, 2.24) is 9.80 Å². The monoisotopic (exact) mass is 256 g/mol. The third-order valence-corrected chi connectivity index (χ3v) is 4.07. The number of carbonyl (C=O) groups excluding carboxylic acids is 1.